The van der Waals surface area contributed by atoms with Crippen LogP contribution in [0.1, 0.15) is 12.3 Å². The molecule has 128 valence electrons. The number of hydrogen-bond donors (Lipinski definition) is 0. The average molecular weight is 343 g/mol. The Balaban J connectivity index is 1.37. The zero-order chi connectivity index (χ0) is 17.2. The minimum absolute atomic E-state index is 0.164. The normalized spacial score (nSPS) is 12.5. The molecule has 0 fully saturated rings. The first-order chi connectivity index (χ1) is 12.2. The van der Waals surface area contributed by atoms with Crippen molar-refractivity contribution in [1.29, 1.82) is 0 Å². The summed E-state index contributed by atoms with van der Waals surface area (Å²) in [6.07, 6.45) is 2.79. The SMILES string of the molecule is O=[N+]([O-])c1ccn(CCCc2nc(-c3ccc4c(c3)OCO4)no2)n1. The molecule has 2 aromatic heterocycles. The van der Waals surface area contributed by atoms with Crippen LogP contribution in [0.4, 0.5) is 5.82 Å². The average Bonchev–Trinajstić information content (AvgIpc) is 3.34. The molecule has 10 nitrogen and oxygen atoms in total. The van der Waals surface area contributed by atoms with E-state index in [4.69, 9.17) is 14.0 Å². The number of aryl methyl sites for hydroxylation is 2. The Bertz CT molecular complexity index is 919. The number of nitro groups is 1. The molecule has 1 aliphatic rings. The number of ether oxygens (including phenoxy) is 2. The van der Waals surface area contributed by atoms with Crippen LogP contribution in [0, 0.1) is 10.1 Å². The van der Waals surface area contributed by atoms with Crippen LogP contribution in [0.2, 0.25) is 0 Å². The van der Waals surface area contributed by atoms with E-state index >= 15 is 0 Å². The molecule has 0 bridgehead atoms. The zero-order valence-electron chi connectivity index (χ0n) is 13.0. The molecule has 0 saturated heterocycles. The van der Waals surface area contributed by atoms with Crippen molar-refractivity contribution in [3.05, 3.63) is 46.5 Å². The molecule has 3 heterocycles. The summed E-state index contributed by atoms with van der Waals surface area (Å²) < 4.78 is 17.4. The van der Waals surface area contributed by atoms with Gasteiger partial charge in [-0.2, -0.15) is 9.67 Å². The van der Waals surface area contributed by atoms with Crippen LogP contribution in [0.15, 0.2) is 35.0 Å². The molecule has 1 aliphatic heterocycles. The van der Waals surface area contributed by atoms with Crippen LogP contribution < -0.4 is 9.47 Å². The van der Waals surface area contributed by atoms with E-state index in [-0.39, 0.29) is 12.6 Å². The van der Waals surface area contributed by atoms with Crippen molar-refractivity contribution in [2.75, 3.05) is 6.79 Å². The maximum Gasteiger partial charge on any atom is 0.389 e. The number of rotatable bonds is 6. The molecular weight excluding hydrogens is 330 g/mol. The van der Waals surface area contributed by atoms with Gasteiger partial charge in [0.1, 0.15) is 0 Å². The van der Waals surface area contributed by atoms with Gasteiger partial charge < -0.3 is 24.1 Å². The van der Waals surface area contributed by atoms with Gasteiger partial charge in [0.2, 0.25) is 18.5 Å². The number of hydrogen-bond acceptors (Lipinski definition) is 8. The second kappa shape index (κ2) is 6.23. The third-order valence-corrected chi connectivity index (χ3v) is 3.69. The van der Waals surface area contributed by atoms with Crippen molar-refractivity contribution in [2.24, 2.45) is 0 Å². The molecule has 0 unspecified atom stereocenters. The summed E-state index contributed by atoms with van der Waals surface area (Å²) in [6.45, 7) is 0.734. The highest BCUT2D eigenvalue weighted by Gasteiger charge is 2.16. The maximum absolute atomic E-state index is 10.6. The van der Waals surface area contributed by atoms with E-state index < -0.39 is 4.92 Å². The molecule has 0 amide bonds. The molecule has 4 rings (SSSR count). The molecule has 0 saturated carbocycles. The second-order valence-corrected chi connectivity index (χ2v) is 5.38. The predicted octanol–water partition coefficient (Wildman–Crippen LogP) is 2.20. The van der Waals surface area contributed by atoms with Gasteiger partial charge >= 0.3 is 5.82 Å². The number of benzene rings is 1. The highest BCUT2D eigenvalue weighted by molar-refractivity contribution is 5.61. The van der Waals surface area contributed by atoms with Gasteiger partial charge in [-0.25, -0.2) is 0 Å². The van der Waals surface area contributed by atoms with Crippen LogP contribution in [0.3, 0.4) is 0 Å². The Kier molecular flexibility index (Phi) is 3.77. The van der Waals surface area contributed by atoms with Gasteiger partial charge in [0.15, 0.2) is 11.5 Å². The summed E-state index contributed by atoms with van der Waals surface area (Å²) in [5, 5.41) is 18.4. The van der Waals surface area contributed by atoms with Crippen molar-refractivity contribution in [1.82, 2.24) is 19.9 Å². The lowest BCUT2D eigenvalue weighted by Crippen LogP contribution is -2.01. The van der Waals surface area contributed by atoms with Gasteiger partial charge in [-0.1, -0.05) is 5.16 Å². The molecule has 10 heteroatoms. The fourth-order valence-electron chi connectivity index (χ4n) is 2.47. The first kappa shape index (κ1) is 15.1. The quantitative estimate of drug-likeness (QED) is 0.493. The largest absolute Gasteiger partial charge is 0.454 e. The molecule has 0 atom stereocenters. The maximum atomic E-state index is 10.6. The molecular formula is C15H13N5O5. The minimum Gasteiger partial charge on any atom is -0.454 e. The first-order valence-electron chi connectivity index (χ1n) is 7.59. The van der Waals surface area contributed by atoms with Gasteiger partial charge in [0.05, 0.1) is 23.9 Å². The van der Waals surface area contributed by atoms with Crippen molar-refractivity contribution in [2.45, 2.75) is 19.4 Å². The van der Waals surface area contributed by atoms with Gasteiger partial charge in [0, 0.05) is 12.0 Å². The van der Waals surface area contributed by atoms with Gasteiger partial charge in [-0.15, -0.1) is 0 Å². The Morgan fingerprint density at radius 1 is 1.24 bits per heavy atom. The summed E-state index contributed by atoms with van der Waals surface area (Å²) >= 11 is 0. The lowest BCUT2D eigenvalue weighted by molar-refractivity contribution is -0.389. The lowest BCUT2D eigenvalue weighted by Gasteiger charge is -1.97. The fourth-order valence-corrected chi connectivity index (χ4v) is 2.47. The highest BCUT2D eigenvalue weighted by atomic mass is 16.7. The summed E-state index contributed by atoms with van der Waals surface area (Å²) in [6, 6.07) is 6.81. The van der Waals surface area contributed by atoms with Crippen LogP contribution in [-0.4, -0.2) is 31.6 Å². The monoisotopic (exact) mass is 343 g/mol. The van der Waals surface area contributed by atoms with Crippen LogP contribution in [0.25, 0.3) is 11.4 Å². The Morgan fingerprint density at radius 2 is 2.12 bits per heavy atom. The third kappa shape index (κ3) is 3.13. The topological polar surface area (TPSA) is 118 Å². The Labute approximate surface area is 141 Å². The smallest absolute Gasteiger partial charge is 0.389 e. The van der Waals surface area contributed by atoms with Crippen molar-refractivity contribution in [3.8, 4) is 22.9 Å². The molecule has 0 spiro atoms. The lowest BCUT2D eigenvalue weighted by atomic mass is 10.2. The predicted molar refractivity (Wildman–Crippen MR) is 83.1 cm³/mol. The van der Waals surface area contributed by atoms with Crippen molar-refractivity contribution in [3.63, 3.8) is 0 Å². The van der Waals surface area contributed by atoms with E-state index in [1.165, 1.54) is 10.7 Å². The first-order valence-corrected chi connectivity index (χ1v) is 7.59. The molecule has 0 N–H and O–H groups in total. The zero-order valence-corrected chi connectivity index (χ0v) is 13.0. The number of aromatic nitrogens is 4. The van der Waals surface area contributed by atoms with E-state index in [0.29, 0.717) is 42.6 Å². The fraction of sp³-hybridized carbons (Fsp3) is 0.267. The summed E-state index contributed by atoms with van der Waals surface area (Å²) in [4.78, 5) is 14.4. The van der Waals surface area contributed by atoms with Gasteiger partial charge in [-0.05, 0) is 29.5 Å². The van der Waals surface area contributed by atoms with E-state index in [0.717, 1.165) is 5.56 Å². The number of fused-ring (bicyclic) bond motifs is 1. The highest BCUT2D eigenvalue weighted by Crippen LogP contribution is 2.35. The molecule has 1 aromatic carbocycles. The van der Waals surface area contributed by atoms with E-state index in [9.17, 15) is 10.1 Å². The molecule has 25 heavy (non-hydrogen) atoms. The molecule has 0 aliphatic carbocycles. The van der Waals surface area contributed by atoms with E-state index in [1.807, 2.05) is 6.07 Å². The second-order valence-electron chi connectivity index (χ2n) is 5.38. The summed E-state index contributed by atoms with van der Waals surface area (Å²) in [5.74, 6) is 2.16. The summed E-state index contributed by atoms with van der Waals surface area (Å²) in [5.41, 5.74) is 0.780. The molecule has 3 aromatic rings. The standard InChI is InChI=1S/C15H13N5O5/c21-20(22)13-5-7-19(17-13)6-1-2-14-16-15(18-25-14)10-3-4-11-12(8-10)24-9-23-11/h3-5,7-8H,1-2,6,9H2. The third-order valence-electron chi connectivity index (χ3n) is 3.69. The van der Waals surface area contributed by atoms with Gasteiger partial charge in [-0.3, -0.25) is 0 Å². The van der Waals surface area contributed by atoms with Crippen molar-refractivity contribution < 1.29 is 18.9 Å². The van der Waals surface area contributed by atoms with E-state index in [2.05, 4.69) is 15.2 Å². The van der Waals surface area contributed by atoms with Gasteiger partial charge in [0.25, 0.3) is 0 Å². The minimum atomic E-state index is -0.522. The van der Waals surface area contributed by atoms with Crippen LogP contribution in [-0.2, 0) is 13.0 Å². The van der Waals surface area contributed by atoms with Crippen LogP contribution in [0.5, 0.6) is 11.5 Å². The Morgan fingerprint density at radius 3 is 2.96 bits per heavy atom. The summed E-state index contributed by atoms with van der Waals surface area (Å²) in [7, 11) is 0. The van der Waals surface area contributed by atoms with Crippen LogP contribution >= 0.6 is 0 Å². The number of nitrogens with zero attached hydrogens (tertiary/aromatic N) is 5. The molecule has 0 radical (unpaired) electrons. The van der Waals surface area contributed by atoms with Crippen molar-refractivity contribution >= 4 is 5.82 Å². The van der Waals surface area contributed by atoms with E-state index in [1.54, 1.807) is 18.3 Å². The Hall–Kier alpha value is -3.43.